The zero-order chi connectivity index (χ0) is 19.8. The Morgan fingerprint density at radius 3 is 2.50 bits per heavy atom. The third-order valence-corrected chi connectivity index (χ3v) is 5.17. The molecule has 0 unspecified atom stereocenters. The normalized spacial score (nSPS) is 11.8. The zero-order valence-corrected chi connectivity index (χ0v) is 16.7. The van der Waals surface area contributed by atoms with E-state index in [0.717, 1.165) is 16.7 Å². The van der Waals surface area contributed by atoms with Crippen LogP contribution < -0.4 is 0 Å². The highest BCUT2D eigenvalue weighted by Gasteiger charge is 2.17. The van der Waals surface area contributed by atoms with Crippen molar-refractivity contribution < 1.29 is 0 Å². The van der Waals surface area contributed by atoms with E-state index in [1.165, 1.54) is 0 Å². The smallest absolute Gasteiger partial charge is 0.151 e. The molecule has 2 heterocycles. The molecule has 0 bridgehead atoms. The van der Waals surface area contributed by atoms with E-state index in [4.69, 9.17) is 23.2 Å². The number of halogens is 2. The lowest BCUT2D eigenvalue weighted by atomic mass is 10.1. The lowest BCUT2D eigenvalue weighted by Gasteiger charge is -2.03. The van der Waals surface area contributed by atoms with Gasteiger partial charge in [0, 0.05) is 17.6 Å². The second-order valence-corrected chi connectivity index (χ2v) is 7.13. The van der Waals surface area contributed by atoms with Crippen LogP contribution in [0.1, 0.15) is 17.1 Å². The third kappa shape index (κ3) is 3.07. The van der Waals surface area contributed by atoms with Crippen LogP contribution in [0, 0.1) is 18.3 Å². The Morgan fingerprint density at radius 1 is 1.11 bits per heavy atom. The molecule has 2 aromatic heterocycles. The van der Waals surface area contributed by atoms with Gasteiger partial charge < -0.3 is 4.57 Å². The van der Waals surface area contributed by atoms with Gasteiger partial charge in [0.15, 0.2) is 5.82 Å². The van der Waals surface area contributed by atoms with Crippen molar-refractivity contribution in [3.8, 4) is 11.8 Å². The highest BCUT2D eigenvalue weighted by molar-refractivity contribution is 6.32. The van der Waals surface area contributed by atoms with E-state index in [1.54, 1.807) is 22.9 Å². The number of nitrogens with zero attached hydrogens (tertiary/aromatic N) is 5. The van der Waals surface area contributed by atoms with Crippen LogP contribution in [-0.2, 0) is 7.05 Å². The fourth-order valence-electron chi connectivity index (χ4n) is 3.11. The summed E-state index contributed by atoms with van der Waals surface area (Å²) < 4.78 is 3.53. The Hall–Kier alpha value is -3.07. The summed E-state index contributed by atoms with van der Waals surface area (Å²) in [5.74, 6) is 0.582. The summed E-state index contributed by atoms with van der Waals surface area (Å²) in [5.41, 5.74) is 4.39. The first kappa shape index (κ1) is 18.3. The van der Waals surface area contributed by atoms with Crippen molar-refractivity contribution in [1.82, 2.24) is 19.3 Å². The maximum Gasteiger partial charge on any atom is 0.151 e. The molecule has 28 heavy (non-hydrogen) atoms. The molecule has 0 aliphatic carbocycles. The number of nitriles is 1. The summed E-state index contributed by atoms with van der Waals surface area (Å²) in [6, 6.07) is 17.2. The Morgan fingerprint density at radius 2 is 1.82 bits per heavy atom. The predicted octanol–water partition coefficient (Wildman–Crippen LogP) is 5.44. The molecule has 0 atom stereocenters. The number of allylic oxidation sites excluding steroid dienone is 1. The van der Waals surface area contributed by atoms with E-state index >= 15 is 0 Å². The van der Waals surface area contributed by atoms with E-state index in [9.17, 15) is 5.26 Å². The van der Waals surface area contributed by atoms with Gasteiger partial charge >= 0.3 is 0 Å². The van der Waals surface area contributed by atoms with E-state index in [-0.39, 0.29) is 0 Å². The summed E-state index contributed by atoms with van der Waals surface area (Å²) in [4.78, 5) is 4.60. The Labute approximate surface area is 172 Å². The highest BCUT2D eigenvalue weighted by atomic mass is 35.5. The molecule has 2 aromatic carbocycles. The van der Waals surface area contributed by atoms with Gasteiger partial charge in [-0.1, -0.05) is 35.3 Å². The molecule has 4 aromatic rings. The summed E-state index contributed by atoms with van der Waals surface area (Å²) in [6.45, 7) is 1.86. The van der Waals surface area contributed by atoms with Gasteiger partial charge in [0.1, 0.15) is 11.2 Å². The number of imidazole rings is 1. The minimum atomic E-state index is 0.416. The number of fused-ring (bicyclic) bond motifs is 1. The predicted molar refractivity (Wildman–Crippen MR) is 113 cm³/mol. The molecule has 0 saturated heterocycles. The van der Waals surface area contributed by atoms with Crippen molar-refractivity contribution >= 4 is 45.9 Å². The van der Waals surface area contributed by atoms with Gasteiger partial charge in [0.25, 0.3) is 0 Å². The largest absolute Gasteiger partial charge is 0.327 e. The molecule has 0 aliphatic rings. The molecule has 0 fully saturated rings. The molecule has 0 radical (unpaired) electrons. The average molecular weight is 408 g/mol. The topological polar surface area (TPSA) is 59.4 Å². The molecule has 5 nitrogen and oxygen atoms in total. The van der Waals surface area contributed by atoms with Crippen molar-refractivity contribution in [2.45, 2.75) is 6.92 Å². The molecule has 0 saturated carbocycles. The van der Waals surface area contributed by atoms with Crippen LogP contribution in [0.5, 0.6) is 0 Å². The van der Waals surface area contributed by atoms with Crippen LogP contribution >= 0.6 is 23.2 Å². The Bertz CT molecular complexity index is 1260. The van der Waals surface area contributed by atoms with Crippen LogP contribution in [0.25, 0.3) is 28.4 Å². The molecule has 0 aliphatic heterocycles. The third-order valence-electron chi connectivity index (χ3n) is 4.56. The van der Waals surface area contributed by atoms with Gasteiger partial charge in [-0.3, -0.25) is 0 Å². The molecular formula is C21H15Cl2N5. The van der Waals surface area contributed by atoms with Crippen molar-refractivity contribution in [2.75, 3.05) is 0 Å². The first-order chi connectivity index (χ1) is 13.5. The van der Waals surface area contributed by atoms with E-state index < -0.39 is 0 Å². The minimum absolute atomic E-state index is 0.416. The fourth-order valence-corrected chi connectivity index (χ4v) is 3.56. The van der Waals surface area contributed by atoms with Crippen molar-refractivity contribution in [3.05, 3.63) is 75.8 Å². The second kappa shape index (κ2) is 7.16. The van der Waals surface area contributed by atoms with Crippen molar-refractivity contribution in [3.63, 3.8) is 0 Å². The van der Waals surface area contributed by atoms with Gasteiger partial charge in [-0.25, -0.2) is 9.67 Å². The lowest BCUT2D eigenvalue weighted by Crippen LogP contribution is -1.97. The van der Waals surface area contributed by atoms with Gasteiger partial charge in [-0.2, -0.15) is 10.4 Å². The monoisotopic (exact) mass is 407 g/mol. The number of aromatic nitrogens is 4. The number of hydrogen-bond acceptors (Lipinski definition) is 3. The number of hydrogen-bond donors (Lipinski definition) is 0. The van der Waals surface area contributed by atoms with Crippen molar-refractivity contribution in [2.24, 2.45) is 7.05 Å². The highest BCUT2D eigenvalue weighted by Crippen LogP contribution is 2.29. The van der Waals surface area contributed by atoms with Crippen molar-refractivity contribution in [1.29, 1.82) is 5.26 Å². The fraction of sp³-hybridized carbons (Fsp3) is 0.0952. The first-order valence-corrected chi connectivity index (χ1v) is 9.30. The SMILES string of the molecule is Cc1nn(-c2ccc(Cl)cc2)c(Cl)c1/C=C(\C#N)c1nc2ccccc2n1C. The van der Waals surface area contributed by atoms with Crippen LogP contribution in [0.3, 0.4) is 0 Å². The standard InChI is InChI=1S/C21H15Cl2N5/c1-13-17(20(23)28(26-13)16-9-7-15(22)8-10-16)11-14(12-24)21-25-18-5-3-4-6-19(18)27(21)2/h3-11H,1-2H3/b14-11+. The first-order valence-electron chi connectivity index (χ1n) is 8.54. The number of rotatable bonds is 3. The van der Waals surface area contributed by atoms with E-state index in [0.29, 0.717) is 32.8 Å². The molecule has 138 valence electrons. The average Bonchev–Trinajstić information content (AvgIpc) is 3.18. The minimum Gasteiger partial charge on any atom is -0.327 e. The maximum absolute atomic E-state index is 9.77. The van der Waals surface area contributed by atoms with Crippen LogP contribution in [-0.4, -0.2) is 19.3 Å². The quantitative estimate of drug-likeness (QED) is 0.424. The Kier molecular flexibility index (Phi) is 4.68. The number of aryl methyl sites for hydroxylation is 2. The molecule has 0 N–H and O–H groups in total. The van der Waals surface area contributed by atoms with Gasteiger partial charge in [0.05, 0.1) is 28.0 Å². The lowest BCUT2D eigenvalue weighted by molar-refractivity contribution is 0.863. The maximum atomic E-state index is 9.77. The van der Waals surface area contributed by atoms with Crippen LogP contribution in [0.15, 0.2) is 48.5 Å². The molecule has 4 rings (SSSR count). The molecule has 7 heteroatoms. The van der Waals surface area contributed by atoms with Crippen LogP contribution in [0.2, 0.25) is 10.2 Å². The Balaban J connectivity index is 1.84. The van der Waals surface area contributed by atoms with E-state index in [1.807, 2.05) is 54.9 Å². The van der Waals surface area contributed by atoms with Gasteiger partial charge in [-0.15, -0.1) is 0 Å². The van der Waals surface area contributed by atoms with Gasteiger partial charge in [-0.05, 0) is 49.4 Å². The molecule has 0 amide bonds. The molecular weight excluding hydrogens is 393 g/mol. The summed E-state index contributed by atoms with van der Waals surface area (Å²) in [6.07, 6.45) is 1.73. The van der Waals surface area contributed by atoms with E-state index in [2.05, 4.69) is 16.2 Å². The zero-order valence-electron chi connectivity index (χ0n) is 15.2. The summed E-state index contributed by atoms with van der Waals surface area (Å²) in [7, 11) is 1.89. The number of benzene rings is 2. The van der Waals surface area contributed by atoms with Crippen LogP contribution in [0.4, 0.5) is 0 Å². The van der Waals surface area contributed by atoms with Gasteiger partial charge in [0.2, 0.25) is 0 Å². The summed E-state index contributed by atoms with van der Waals surface area (Å²) in [5, 5.41) is 15.3. The molecule has 0 spiro atoms. The second-order valence-electron chi connectivity index (χ2n) is 6.33. The summed E-state index contributed by atoms with van der Waals surface area (Å²) >= 11 is 12.6. The number of para-hydroxylation sites is 2.